The Hall–Kier alpha value is -3.09. The number of guanidine groups is 1. The third-order valence-corrected chi connectivity index (χ3v) is 4.23. The number of aliphatic imine (C=N–C) groups is 1. The van der Waals surface area contributed by atoms with Crippen molar-refractivity contribution in [3.63, 3.8) is 0 Å². The van der Waals surface area contributed by atoms with Crippen LogP contribution in [-0.2, 0) is 6.54 Å². The van der Waals surface area contributed by atoms with Gasteiger partial charge in [0.15, 0.2) is 17.5 Å². The van der Waals surface area contributed by atoms with Crippen LogP contribution in [0.2, 0.25) is 0 Å². The van der Waals surface area contributed by atoms with Crippen LogP contribution < -0.4 is 29.6 Å². The van der Waals surface area contributed by atoms with Crippen LogP contribution >= 0.6 is 0 Å². The summed E-state index contributed by atoms with van der Waals surface area (Å²) in [7, 11) is 4.79. The maximum absolute atomic E-state index is 5.82. The second-order valence-corrected chi connectivity index (χ2v) is 6.27. The summed E-state index contributed by atoms with van der Waals surface area (Å²) >= 11 is 0. The molecule has 2 aromatic rings. The van der Waals surface area contributed by atoms with Gasteiger partial charge in [0.1, 0.15) is 12.4 Å². The van der Waals surface area contributed by atoms with Crippen molar-refractivity contribution in [1.29, 1.82) is 0 Å². The molecular weight excluding hydrogens is 370 g/mol. The average molecular weight is 402 g/mol. The van der Waals surface area contributed by atoms with Gasteiger partial charge in [-0.1, -0.05) is 18.2 Å². The molecule has 0 amide bonds. The third kappa shape index (κ3) is 6.48. The molecule has 0 aromatic heterocycles. The number of methoxy groups -OCH3 is 3. The van der Waals surface area contributed by atoms with Crippen LogP contribution in [0.25, 0.3) is 0 Å². The van der Waals surface area contributed by atoms with Crippen molar-refractivity contribution in [2.24, 2.45) is 4.99 Å². The van der Waals surface area contributed by atoms with E-state index in [0.717, 1.165) is 29.4 Å². The van der Waals surface area contributed by atoms with E-state index in [1.807, 2.05) is 50.2 Å². The van der Waals surface area contributed by atoms with Crippen LogP contribution in [0.3, 0.4) is 0 Å². The van der Waals surface area contributed by atoms with Gasteiger partial charge in [-0.2, -0.15) is 0 Å². The van der Waals surface area contributed by atoms with Gasteiger partial charge >= 0.3 is 0 Å². The minimum absolute atomic E-state index is 0.463. The first-order chi connectivity index (χ1) is 14.1. The highest BCUT2D eigenvalue weighted by molar-refractivity contribution is 5.79. The molecule has 0 aliphatic carbocycles. The molecule has 0 aliphatic heterocycles. The number of hydrogen-bond acceptors (Lipinski definition) is 5. The lowest BCUT2D eigenvalue weighted by atomic mass is 10.2. The number of rotatable bonds is 10. The summed E-state index contributed by atoms with van der Waals surface area (Å²) in [6.45, 7) is 6.46. The van der Waals surface area contributed by atoms with E-state index in [-0.39, 0.29) is 0 Å². The Balaban J connectivity index is 1.98. The highest BCUT2D eigenvalue weighted by Crippen LogP contribution is 2.38. The van der Waals surface area contributed by atoms with Gasteiger partial charge in [0.05, 0.1) is 34.4 Å². The fraction of sp³-hybridized carbons (Fsp3) is 0.409. The Morgan fingerprint density at radius 3 is 2.21 bits per heavy atom. The maximum Gasteiger partial charge on any atom is 0.203 e. The number of ether oxygens (including phenoxy) is 4. The van der Waals surface area contributed by atoms with E-state index in [2.05, 4.69) is 15.6 Å². The number of hydrogen-bond donors (Lipinski definition) is 2. The minimum atomic E-state index is 0.463. The Bertz CT molecular complexity index is 783. The smallest absolute Gasteiger partial charge is 0.203 e. The van der Waals surface area contributed by atoms with Crippen LogP contribution in [-0.4, -0.2) is 47.0 Å². The summed E-state index contributed by atoms with van der Waals surface area (Å²) in [5.74, 6) is 3.41. The lowest BCUT2D eigenvalue weighted by molar-refractivity contribution is 0.320. The van der Waals surface area contributed by atoms with Crippen molar-refractivity contribution >= 4 is 5.96 Å². The molecule has 0 fully saturated rings. The van der Waals surface area contributed by atoms with E-state index >= 15 is 0 Å². The molecule has 0 saturated carbocycles. The summed E-state index contributed by atoms with van der Waals surface area (Å²) in [6.07, 6.45) is 0. The van der Waals surface area contributed by atoms with Crippen LogP contribution in [0.15, 0.2) is 41.4 Å². The Kier molecular flexibility index (Phi) is 8.95. The van der Waals surface area contributed by atoms with Gasteiger partial charge in [0.2, 0.25) is 5.75 Å². The van der Waals surface area contributed by atoms with Crippen LogP contribution in [0, 0.1) is 6.92 Å². The molecule has 0 radical (unpaired) electrons. The zero-order valence-corrected chi connectivity index (χ0v) is 17.9. The van der Waals surface area contributed by atoms with E-state index < -0.39 is 0 Å². The largest absolute Gasteiger partial charge is 0.493 e. The van der Waals surface area contributed by atoms with E-state index in [0.29, 0.717) is 36.9 Å². The second kappa shape index (κ2) is 11.7. The summed E-state index contributed by atoms with van der Waals surface area (Å²) in [5.41, 5.74) is 2.07. The third-order valence-electron chi connectivity index (χ3n) is 4.23. The summed E-state index contributed by atoms with van der Waals surface area (Å²) in [4.78, 5) is 4.64. The molecule has 0 aliphatic rings. The zero-order chi connectivity index (χ0) is 21.1. The molecule has 0 spiro atoms. The van der Waals surface area contributed by atoms with Gasteiger partial charge in [-0.25, -0.2) is 4.99 Å². The van der Waals surface area contributed by atoms with E-state index in [1.54, 1.807) is 21.3 Å². The molecule has 7 heteroatoms. The van der Waals surface area contributed by atoms with Gasteiger partial charge in [-0.05, 0) is 43.2 Å². The predicted octanol–water partition coefficient (Wildman–Crippen LogP) is 3.15. The maximum atomic E-state index is 5.82. The molecule has 0 saturated heterocycles. The number of nitrogens with zero attached hydrogens (tertiary/aromatic N) is 1. The molecule has 0 bridgehead atoms. The van der Waals surface area contributed by atoms with Crippen LogP contribution in [0.4, 0.5) is 0 Å². The molecule has 29 heavy (non-hydrogen) atoms. The molecule has 158 valence electrons. The molecule has 2 N–H and O–H groups in total. The normalized spacial score (nSPS) is 11.0. The van der Waals surface area contributed by atoms with Crippen molar-refractivity contribution < 1.29 is 18.9 Å². The lowest BCUT2D eigenvalue weighted by Gasteiger charge is -2.15. The average Bonchev–Trinajstić information content (AvgIpc) is 2.75. The molecule has 0 unspecified atom stereocenters. The minimum Gasteiger partial charge on any atom is -0.493 e. The zero-order valence-electron chi connectivity index (χ0n) is 17.9. The van der Waals surface area contributed by atoms with Gasteiger partial charge in [-0.3, -0.25) is 0 Å². The second-order valence-electron chi connectivity index (χ2n) is 6.27. The van der Waals surface area contributed by atoms with Crippen LogP contribution in [0.5, 0.6) is 23.0 Å². The molecule has 0 heterocycles. The van der Waals surface area contributed by atoms with Crippen LogP contribution in [0.1, 0.15) is 18.1 Å². The first kappa shape index (κ1) is 22.2. The Morgan fingerprint density at radius 2 is 1.62 bits per heavy atom. The van der Waals surface area contributed by atoms with E-state index in [4.69, 9.17) is 18.9 Å². The predicted molar refractivity (Wildman–Crippen MR) is 116 cm³/mol. The van der Waals surface area contributed by atoms with Crippen molar-refractivity contribution in [2.45, 2.75) is 20.4 Å². The first-order valence-corrected chi connectivity index (χ1v) is 9.62. The molecule has 2 aromatic carbocycles. The summed E-state index contributed by atoms with van der Waals surface area (Å²) in [5, 5.41) is 6.53. The van der Waals surface area contributed by atoms with Gasteiger partial charge < -0.3 is 29.6 Å². The number of aryl methyl sites for hydroxylation is 1. The monoisotopic (exact) mass is 401 g/mol. The SMILES string of the molecule is CCNC(=NCc1cc(OC)c(OC)c(OC)c1)NCCOc1ccccc1C. The Labute approximate surface area is 173 Å². The fourth-order valence-electron chi connectivity index (χ4n) is 2.79. The molecule has 7 nitrogen and oxygen atoms in total. The quantitative estimate of drug-likeness (QED) is 0.362. The first-order valence-electron chi connectivity index (χ1n) is 9.62. The van der Waals surface area contributed by atoms with Gasteiger partial charge in [0, 0.05) is 6.54 Å². The molecule has 0 atom stereocenters. The van der Waals surface area contributed by atoms with Gasteiger partial charge in [0.25, 0.3) is 0 Å². The van der Waals surface area contributed by atoms with Crippen molar-refractivity contribution in [3.8, 4) is 23.0 Å². The summed E-state index contributed by atoms with van der Waals surface area (Å²) < 4.78 is 22.0. The number of benzene rings is 2. The number of nitrogens with one attached hydrogen (secondary N) is 2. The molecule has 2 rings (SSSR count). The van der Waals surface area contributed by atoms with Crippen molar-refractivity contribution in [2.75, 3.05) is 41.0 Å². The summed E-state index contributed by atoms with van der Waals surface area (Å²) in [6, 6.07) is 11.8. The Morgan fingerprint density at radius 1 is 0.931 bits per heavy atom. The topological polar surface area (TPSA) is 73.3 Å². The van der Waals surface area contributed by atoms with Crippen molar-refractivity contribution in [1.82, 2.24) is 10.6 Å². The highest BCUT2D eigenvalue weighted by Gasteiger charge is 2.13. The van der Waals surface area contributed by atoms with E-state index in [9.17, 15) is 0 Å². The van der Waals surface area contributed by atoms with Crippen molar-refractivity contribution in [3.05, 3.63) is 47.5 Å². The standard InChI is InChI=1S/C22H31N3O4/c1-6-23-22(24-11-12-29-18-10-8-7-9-16(18)2)25-15-17-13-19(26-3)21(28-5)20(14-17)27-4/h7-10,13-14H,6,11-12,15H2,1-5H3,(H2,23,24,25). The van der Waals surface area contributed by atoms with Gasteiger partial charge in [-0.15, -0.1) is 0 Å². The highest BCUT2D eigenvalue weighted by atomic mass is 16.5. The number of para-hydroxylation sites is 1. The fourth-order valence-corrected chi connectivity index (χ4v) is 2.79. The molecular formula is C22H31N3O4. The van der Waals surface area contributed by atoms with E-state index in [1.165, 1.54) is 0 Å². The lowest BCUT2D eigenvalue weighted by Crippen LogP contribution is -2.39.